The molecule has 0 N–H and O–H groups in total. The Morgan fingerprint density at radius 3 is 2.73 bits per heavy atom. The number of hydrogen-bond acceptors (Lipinski definition) is 5. The smallest absolute Gasteiger partial charge is 0.254 e. The predicted octanol–water partition coefficient (Wildman–Crippen LogP) is 3.93. The average molecular weight is 392 g/mol. The Hall–Kier alpha value is -1.89. The van der Waals surface area contributed by atoms with Gasteiger partial charge >= 0.3 is 0 Å². The summed E-state index contributed by atoms with van der Waals surface area (Å²) in [5.41, 5.74) is 1.98. The molecule has 1 aliphatic rings. The van der Waals surface area contributed by atoms with Crippen molar-refractivity contribution in [2.75, 3.05) is 18.0 Å². The van der Waals surface area contributed by atoms with E-state index >= 15 is 0 Å². The lowest BCUT2D eigenvalue weighted by molar-refractivity contribution is 0.0250. The van der Waals surface area contributed by atoms with Crippen LogP contribution in [0.15, 0.2) is 30.6 Å². The Bertz CT molecular complexity index is 921. The van der Waals surface area contributed by atoms with Gasteiger partial charge < -0.3 is 9.64 Å². The maximum Gasteiger partial charge on any atom is 0.254 e. The number of anilines is 1. The van der Waals surface area contributed by atoms with Crippen molar-refractivity contribution in [3.63, 3.8) is 0 Å². The van der Waals surface area contributed by atoms with Gasteiger partial charge in [-0.3, -0.25) is 0 Å². The Morgan fingerprint density at radius 2 is 1.96 bits per heavy atom. The number of hydrogen-bond donors (Lipinski definition) is 0. The molecule has 1 fully saturated rings. The Kier molecular flexibility index (Phi) is 4.98. The fourth-order valence-electron chi connectivity index (χ4n) is 3.23. The van der Waals surface area contributed by atoms with E-state index in [4.69, 9.17) is 27.9 Å². The minimum absolute atomic E-state index is 0.231. The van der Waals surface area contributed by atoms with Crippen LogP contribution in [0.4, 0.5) is 5.82 Å². The first-order valence-electron chi connectivity index (χ1n) is 8.58. The van der Waals surface area contributed by atoms with Gasteiger partial charge in [-0.25, -0.2) is 4.98 Å². The molecule has 26 heavy (non-hydrogen) atoms. The molecule has 0 saturated carbocycles. The van der Waals surface area contributed by atoms with Crippen molar-refractivity contribution in [2.45, 2.75) is 32.5 Å². The fraction of sp³-hybridized carbons (Fsp3) is 0.389. The molecule has 0 aliphatic carbocycles. The summed E-state index contributed by atoms with van der Waals surface area (Å²) in [6, 6.07) is 7.67. The van der Waals surface area contributed by atoms with Gasteiger partial charge in [0, 0.05) is 24.8 Å². The summed E-state index contributed by atoms with van der Waals surface area (Å²) in [5, 5.41) is 5.42. The number of benzene rings is 1. The number of fused-ring (bicyclic) bond motifs is 1. The van der Waals surface area contributed by atoms with Crippen LogP contribution in [0.2, 0.25) is 10.0 Å². The van der Waals surface area contributed by atoms with E-state index in [9.17, 15) is 0 Å². The molecule has 0 bridgehead atoms. The molecule has 0 spiro atoms. The molecule has 1 aromatic carbocycles. The summed E-state index contributed by atoms with van der Waals surface area (Å²) in [5.74, 6) is 1.67. The lowest BCUT2D eigenvalue weighted by atomic mass is 10.1. The third-order valence-electron chi connectivity index (χ3n) is 4.60. The van der Waals surface area contributed by atoms with E-state index in [0.717, 1.165) is 43.0 Å². The van der Waals surface area contributed by atoms with Gasteiger partial charge in [0.2, 0.25) is 0 Å². The zero-order valence-electron chi connectivity index (χ0n) is 14.4. The predicted molar refractivity (Wildman–Crippen MR) is 102 cm³/mol. The number of piperidine rings is 1. The SMILES string of the molecule is Cc1cc(N2CCC(OCc3ccc(Cl)c(Cl)c3)CC2)n2ncnc2n1. The normalized spacial score (nSPS) is 15.7. The van der Waals surface area contributed by atoms with E-state index in [0.29, 0.717) is 22.4 Å². The highest BCUT2D eigenvalue weighted by molar-refractivity contribution is 6.42. The minimum atomic E-state index is 0.231. The number of aryl methyl sites for hydroxylation is 1. The number of ether oxygens (including phenoxy) is 1. The van der Waals surface area contributed by atoms with Crippen LogP contribution in [0.1, 0.15) is 24.1 Å². The second kappa shape index (κ2) is 7.39. The zero-order chi connectivity index (χ0) is 18.1. The second-order valence-corrected chi connectivity index (χ2v) is 7.29. The molecule has 3 aromatic rings. The highest BCUT2D eigenvalue weighted by Crippen LogP contribution is 2.25. The first kappa shape index (κ1) is 17.5. The average Bonchev–Trinajstić information content (AvgIpc) is 3.11. The lowest BCUT2D eigenvalue weighted by Gasteiger charge is -2.33. The first-order chi connectivity index (χ1) is 12.6. The summed E-state index contributed by atoms with van der Waals surface area (Å²) >= 11 is 12.0. The molecular weight excluding hydrogens is 373 g/mol. The molecule has 4 rings (SSSR count). The van der Waals surface area contributed by atoms with Crippen molar-refractivity contribution in [3.05, 3.63) is 51.9 Å². The van der Waals surface area contributed by atoms with E-state index in [2.05, 4.69) is 26.0 Å². The molecule has 1 aliphatic heterocycles. The molecule has 0 unspecified atom stereocenters. The van der Waals surface area contributed by atoms with Crippen molar-refractivity contribution in [1.82, 2.24) is 19.6 Å². The number of nitrogens with zero attached hydrogens (tertiary/aromatic N) is 5. The van der Waals surface area contributed by atoms with Crippen molar-refractivity contribution >= 4 is 34.8 Å². The van der Waals surface area contributed by atoms with Crippen LogP contribution in [-0.2, 0) is 11.3 Å². The summed E-state index contributed by atoms with van der Waals surface area (Å²) in [6.45, 7) is 4.34. The molecule has 6 nitrogen and oxygen atoms in total. The van der Waals surface area contributed by atoms with E-state index in [1.54, 1.807) is 16.9 Å². The Labute approximate surface area is 161 Å². The highest BCUT2D eigenvalue weighted by atomic mass is 35.5. The van der Waals surface area contributed by atoms with Gasteiger partial charge in [0.25, 0.3) is 5.78 Å². The van der Waals surface area contributed by atoms with Gasteiger partial charge in [0.15, 0.2) is 0 Å². The molecule has 3 heterocycles. The van der Waals surface area contributed by atoms with Gasteiger partial charge in [-0.15, -0.1) is 0 Å². The minimum Gasteiger partial charge on any atom is -0.373 e. The fourth-order valence-corrected chi connectivity index (χ4v) is 3.55. The largest absolute Gasteiger partial charge is 0.373 e. The van der Waals surface area contributed by atoms with E-state index in [-0.39, 0.29) is 6.10 Å². The van der Waals surface area contributed by atoms with Crippen molar-refractivity contribution in [3.8, 4) is 0 Å². The van der Waals surface area contributed by atoms with E-state index in [1.807, 2.05) is 19.1 Å². The molecule has 1 saturated heterocycles. The van der Waals surface area contributed by atoms with Gasteiger partial charge in [-0.2, -0.15) is 14.6 Å². The van der Waals surface area contributed by atoms with Crippen molar-refractivity contribution in [2.24, 2.45) is 0 Å². The first-order valence-corrected chi connectivity index (χ1v) is 9.33. The second-order valence-electron chi connectivity index (χ2n) is 6.47. The molecule has 0 amide bonds. The van der Waals surface area contributed by atoms with Crippen molar-refractivity contribution < 1.29 is 4.74 Å². The number of halogens is 2. The van der Waals surface area contributed by atoms with Crippen LogP contribution >= 0.6 is 23.2 Å². The quantitative estimate of drug-likeness (QED) is 0.674. The monoisotopic (exact) mass is 391 g/mol. The Morgan fingerprint density at radius 1 is 1.15 bits per heavy atom. The lowest BCUT2D eigenvalue weighted by Crippen LogP contribution is -2.38. The standard InChI is InChI=1S/C18H19Cl2N5O/c1-12-8-17(25-18(23-12)21-11-22-25)24-6-4-14(5-7-24)26-10-13-2-3-15(19)16(20)9-13/h2-3,8-9,11,14H,4-7,10H2,1H3. The maximum atomic E-state index is 6.07. The van der Waals surface area contributed by atoms with Crippen LogP contribution in [0, 0.1) is 6.92 Å². The van der Waals surface area contributed by atoms with Crippen molar-refractivity contribution in [1.29, 1.82) is 0 Å². The molecule has 136 valence electrons. The molecule has 0 atom stereocenters. The summed E-state index contributed by atoms with van der Waals surface area (Å²) < 4.78 is 7.86. The van der Waals surface area contributed by atoms with Crippen LogP contribution in [0.25, 0.3) is 5.78 Å². The summed E-state index contributed by atoms with van der Waals surface area (Å²) in [6.07, 6.45) is 3.69. The molecular formula is C18H19Cl2N5O. The van der Waals surface area contributed by atoms with Crippen LogP contribution in [0.3, 0.4) is 0 Å². The van der Waals surface area contributed by atoms with E-state index < -0.39 is 0 Å². The molecule has 2 aromatic heterocycles. The number of rotatable bonds is 4. The summed E-state index contributed by atoms with van der Waals surface area (Å²) in [7, 11) is 0. The third-order valence-corrected chi connectivity index (χ3v) is 5.34. The Balaban J connectivity index is 1.38. The van der Waals surface area contributed by atoms with Crippen LogP contribution in [0.5, 0.6) is 0 Å². The van der Waals surface area contributed by atoms with Crippen LogP contribution < -0.4 is 4.90 Å². The molecule has 0 radical (unpaired) electrons. The maximum absolute atomic E-state index is 6.07. The molecule has 8 heteroatoms. The zero-order valence-corrected chi connectivity index (χ0v) is 15.9. The van der Waals surface area contributed by atoms with Crippen LogP contribution in [-0.4, -0.2) is 38.8 Å². The highest BCUT2D eigenvalue weighted by Gasteiger charge is 2.22. The topological polar surface area (TPSA) is 55.6 Å². The number of aromatic nitrogens is 4. The van der Waals surface area contributed by atoms with Gasteiger partial charge in [-0.05, 0) is 37.5 Å². The van der Waals surface area contributed by atoms with Gasteiger partial charge in [-0.1, -0.05) is 29.3 Å². The van der Waals surface area contributed by atoms with Gasteiger partial charge in [0.05, 0.1) is 22.8 Å². The van der Waals surface area contributed by atoms with Gasteiger partial charge in [0.1, 0.15) is 12.1 Å². The third kappa shape index (κ3) is 3.63. The summed E-state index contributed by atoms with van der Waals surface area (Å²) in [4.78, 5) is 10.9. The van der Waals surface area contributed by atoms with E-state index in [1.165, 1.54) is 0 Å².